The van der Waals surface area contributed by atoms with Gasteiger partial charge in [0.15, 0.2) is 0 Å². The van der Waals surface area contributed by atoms with Crippen molar-refractivity contribution in [1.29, 1.82) is 5.26 Å². The summed E-state index contributed by atoms with van der Waals surface area (Å²) >= 11 is 0. The summed E-state index contributed by atoms with van der Waals surface area (Å²) in [6.45, 7) is 0. The summed E-state index contributed by atoms with van der Waals surface area (Å²) in [6.07, 6.45) is 1.96. The highest BCUT2D eigenvalue weighted by atomic mass is 16.3. The van der Waals surface area contributed by atoms with E-state index in [1.165, 1.54) is 54.9 Å². The molecular weight excluding hydrogens is 707 g/mol. The number of furan rings is 1. The quantitative estimate of drug-likeness (QED) is 0.181. The van der Waals surface area contributed by atoms with E-state index in [2.05, 4.69) is 191 Å². The van der Waals surface area contributed by atoms with Gasteiger partial charge in [-0.05, 0) is 92.5 Å². The lowest BCUT2D eigenvalue weighted by atomic mass is 9.70. The predicted molar refractivity (Wildman–Crippen MR) is 234 cm³/mol. The second kappa shape index (κ2) is 11.4. The van der Waals surface area contributed by atoms with Crippen LogP contribution in [0, 0.1) is 11.3 Å². The second-order valence-corrected chi connectivity index (χ2v) is 15.5. The molecule has 0 bridgehead atoms. The maximum atomic E-state index is 10.2. The first kappa shape index (κ1) is 31.3. The van der Waals surface area contributed by atoms with Crippen LogP contribution in [0.1, 0.15) is 27.8 Å². The molecule has 268 valence electrons. The molecule has 8 aromatic carbocycles. The highest BCUT2D eigenvalue weighted by Gasteiger charge is 2.51. The Hall–Kier alpha value is -7.87. The van der Waals surface area contributed by atoms with E-state index in [9.17, 15) is 5.26 Å². The molecule has 0 saturated carbocycles. The van der Waals surface area contributed by atoms with Gasteiger partial charge in [0, 0.05) is 27.1 Å². The average molecular weight is 738 g/mol. The van der Waals surface area contributed by atoms with Gasteiger partial charge in [0.25, 0.3) is 0 Å². The Balaban J connectivity index is 1.16. The Morgan fingerprint density at radius 1 is 0.414 bits per heavy atom. The molecule has 0 aliphatic heterocycles. The Morgan fingerprint density at radius 3 is 1.41 bits per heavy atom. The van der Waals surface area contributed by atoms with Gasteiger partial charge in [-0.1, -0.05) is 140 Å². The van der Waals surface area contributed by atoms with Crippen LogP contribution in [0.4, 0.5) is 0 Å². The topological polar surface area (TPSA) is 46.8 Å². The lowest BCUT2D eigenvalue weighted by Gasteiger charge is -2.30. The Kier molecular flexibility index (Phi) is 6.13. The van der Waals surface area contributed by atoms with Gasteiger partial charge < -0.3 is 8.98 Å². The van der Waals surface area contributed by atoms with Crippen LogP contribution in [0.3, 0.4) is 0 Å². The van der Waals surface area contributed by atoms with Crippen LogP contribution in [0.15, 0.2) is 193 Å². The van der Waals surface area contributed by atoms with E-state index in [1.54, 1.807) is 0 Å². The molecule has 0 amide bonds. The average Bonchev–Trinajstić information content (AvgIpc) is 4.08. The van der Waals surface area contributed by atoms with Crippen molar-refractivity contribution in [2.45, 2.75) is 5.41 Å². The van der Waals surface area contributed by atoms with E-state index in [4.69, 9.17) is 4.42 Å². The molecule has 4 heteroatoms. The summed E-state index contributed by atoms with van der Waals surface area (Å²) in [6, 6.07) is 67.8. The lowest BCUT2D eigenvalue weighted by molar-refractivity contribution is 0.545. The van der Waals surface area contributed by atoms with E-state index in [-0.39, 0.29) is 0 Å². The summed E-state index contributed by atoms with van der Waals surface area (Å²) in [5.41, 5.74) is 17.1. The Morgan fingerprint density at radius 2 is 0.862 bits per heavy atom. The molecule has 2 aliphatic rings. The smallest absolute Gasteiger partial charge is 0.229 e. The van der Waals surface area contributed by atoms with Gasteiger partial charge in [0.05, 0.1) is 39.1 Å². The molecule has 3 aromatic heterocycles. The van der Waals surface area contributed by atoms with Crippen LogP contribution >= 0.6 is 0 Å². The highest BCUT2D eigenvalue weighted by Crippen LogP contribution is 2.63. The summed E-state index contributed by atoms with van der Waals surface area (Å²) in [7, 11) is 0. The van der Waals surface area contributed by atoms with Crippen molar-refractivity contribution in [3.8, 4) is 51.0 Å². The van der Waals surface area contributed by atoms with Crippen LogP contribution in [0.2, 0.25) is 0 Å². The molecule has 0 N–H and O–H groups in total. The summed E-state index contributed by atoms with van der Waals surface area (Å²) in [5, 5.41) is 15.0. The fourth-order valence-electron chi connectivity index (χ4n) is 10.6. The number of rotatable bonds is 3. The number of hydrogen-bond acceptors (Lipinski definition) is 2. The van der Waals surface area contributed by atoms with Gasteiger partial charge in [0.1, 0.15) is 12.0 Å². The van der Waals surface area contributed by atoms with Gasteiger partial charge in [-0.2, -0.15) is 5.26 Å². The van der Waals surface area contributed by atoms with Crippen LogP contribution in [0.5, 0.6) is 0 Å². The van der Waals surface area contributed by atoms with Crippen molar-refractivity contribution in [3.05, 3.63) is 216 Å². The van der Waals surface area contributed by atoms with Crippen molar-refractivity contribution in [1.82, 2.24) is 9.13 Å². The summed E-state index contributed by atoms with van der Waals surface area (Å²) in [4.78, 5) is 0. The molecule has 0 unspecified atom stereocenters. The molecule has 3 heterocycles. The zero-order valence-corrected chi connectivity index (χ0v) is 31.1. The summed E-state index contributed by atoms with van der Waals surface area (Å²) < 4.78 is 11.7. The minimum absolute atomic E-state index is 0.604. The monoisotopic (exact) mass is 737 g/mol. The SMILES string of the molecule is N#Cc1ccc2c(c1)C1(c3ccccc3-c3ccccc31)c1cc(-c3coc(-n4c5ccccc5c5ccccc54)c3-n3c4ccccc4c4ccccc43)ccc1-2. The fourth-order valence-corrected chi connectivity index (χ4v) is 10.6. The lowest BCUT2D eigenvalue weighted by Crippen LogP contribution is -2.26. The third-order valence-corrected chi connectivity index (χ3v) is 12.9. The van der Waals surface area contributed by atoms with Gasteiger partial charge in [-0.3, -0.25) is 4.57 Å². The van der Waals surface area contributed by atoms with E-state index in [0.717, 1.165) is 55.9 Å². The highest BCUT2D eigenvalue weighted by molar-refractivity contribution is 6.12. The zero-order valence-electron chi connectivity index (χ0n) is 31.1. The third-order valence-electron chi connectivity index (χ3n) is 12.9. The second-order valence-electron chi connectivity index (χ2n) is 15.5. The van der Waals surface area contributed by atoms with Crippen molar-refractivity contribution in [2.24, 2.45) is 0 Å². The first-order valence-electron chi connectivity index (χ1n) is 19.7. The van der Waals surface area contributed by atoms with Crippen LogP contribution in [-0.2, 0) is 5.41 Å². The number of benzene rings is 8. The van der Waals surface area contributed by atoms with E-state index >= 15 is 0 Å². The molecule has 1 spiro atoms. The third kappa shape index (κ3) is 3.83. The molecular formula is C54H31N3O. The Labute approximate surface area is 333 Å². The first-order valence-corrected chi connectivity index (χ1v) is 19.7. The zero-order chi connectivity index (χ0) is 38.1. The predicted octanol–water partition coefficient (Wildman–Crippen LogP) is 13.4. The van der Waals surface area contributed by atoms with Gasteiger partial charge >= 0.3 is 0 Å². The van der Waals surface area contributed by atoms with Crippen LogP contribution in [0.25, 0.3) is 88.6 Å². The van der Waals surface area contributed by atoms with E-state index < -0.39 is 5.41 Å². The first-order chi connectivity index (χ1) is 28.8. The number of nitrogens with zero attached hydrogens (tertiary/aromatic N) is 3. The van der Waals surface area contributed by atoms with Crippen molar-refractivity contribution < 1.29 is 4.42 Å². The number of para-hydroxylation sites is 4. The van der Waals surface area contributed by atoms with Crippen LogP contribution < -0.4 is 0 Å². The molecule has 13 rings (SSSR count). The molecule has 2 aliphatic carbocycles. The maximum absolute atomic E-state index is 10.2. The standard InChI is InChI=1S/C54H31N3O/c55-31-33-25-27-37-38-28-26-34(30-47(38)54(46(37)29-33)44-19-7-1-13-35(44)36-14-2-8-20-45(36)54)43-32-58-53(57-50-23-11-5-17-41(50)42-18-6-12-24-51(42)57)52(43)56-48-21-9-3-15-39(48)40-16-4-10-22-49(40)56/h1-30,32H. The normalized spacial score (nSPS) is 13.3. The fraction of sp³-hybridized carbons (Fsp3) is 0.0185. The Bertz CT molecular complexity index is 3450. The molecule has 0 atom stereocenters. The van der Waals surface area contributed by atoms with Gasteiger partial charge in [-0.25, -0.2) is 0 Å². The molecule has 4 nitrogen and oxygen atoms in total. The number of nitriles is 1. The number of fused-ring (bicyclic) bond motifs is 16. The molecule has 0 saturated heterocycles. The molecule has 58 heavy (non-hydrogen) atoms. The van der Waals surface area contributed by atoms with Crippen molar-refractivity contribution in [3.63, 3.8) is 0 Å². The largest absolute Gasteiger partial charge is 0.445 e. The molecule has 11 aromatic rings. The number of aromatic nitrogens is 2. The van der Waals surface area contributed by atoms with E-state index in [1.807, 2.05) is 12.3 Å². The van der Waals surface area contributed by atoms with Gasteiger partial charge in [0.2, 0.25) is 5.88 Å². The number of hydrogen-bond donors (Lipinski definition) is 0. The molecule has 0 radical (unpaired) electrons. The van der Waals surface area contributed by atoms with Crippen molar-refractivity contribution >= 4 is 43.6 Å². The van der Waals surface area contributed by atoms with E-state index in [0.29, 0.717) is 5.56 Å². The maximum Gasteiger partial charge on any atom is 0.229 e. The van der Waals surface area contributed by atoms with Gasteiger partial charge in [-0.15, -0.1) is 0 Å². The molecule has 0 fully saturated rings. The van der Waals surface area contributed by atoms with Crippen molar-refractivity contribution in [2.75, 3.05) is 0 Å². The van der Waals surface area contributed by atoms with Crippen LogP contribution in [-0.4, -0.2) is 9.13 Å². The summed E-state index contributed by atoms with van der Waals surface area (Å²) in [5.74, 6) is 0.757. The minimum Gasteiger partial charge on any atom is -0.445 e. The minimum atomic E-state index is -0.604.